The first kappa shape index (κ1) is 17.2. The minimum atomic E-state index is -0.678. The van der Waals surface area contributed by atoms with Crippen LogP contribution in [0.2, 0.25) is 5.02 Å². The summed E-state index contributed by atoms with van der Waals surface area (Å²) < 4.78 is 13.7. The van der Waals surface area contributed by atoms with Gasteiger partial charge >= 0.3 is 6.03 Å². The number of amides is 3. The van der Waals surface area contributed by atoms with Gasteiger partial charge in [0, 0.05) is 24.7 Å². The zero-order valence-corrected chi connectivity index (χ0v) is 13.2. The quantitative estimate of drug-likeness (QED) is 0.895. The molecule has 1 aromatic rings. The third-order valence-corrected chi connectivity index (χ3v) is 3.27. The SMILES string of the molecule is CC(NC(=O)N[C@@H](C)C(=O)N(C)C)c1c(F)cccc1Cl. The molecule has 0 aliphatic rings. The molecular formula is C14H19ClFN3O2. The van der Waals surface area contributed by atoms with Gasteiger partial charge in [0.1, 0.15) is 11.9 Å². The molecule has 0 aliphatic heterocycles. The van der Waals surface area contributed by atoms with E-state index in [1.165, 1.54) is 17.0 Å². The van der Waals surface area contributed by atoms with Crippen LogP contribution in [0.4, 0.5) is 9.18 Å². The van der Waals surface area contributed by atoms with Gasteiger partial charge in [0.05, 0.1) is 6.04 Å². The van der Waals surface area contributed by atoms with E-state index in [2.05, 4.69) is 10.6 Å². The second kappa shape index (κ2) is 7.26. The summed E-state index contributed by atoms with van der Waals surface area (Å²) >= 11 is 5.93. The summed E-state index contributed by atoms with van der Waals surface area (Å²) in [6.45, 7) is 3.19. The van der Waals surface area contributed by atoms with E-state index in [1.807, 2.05) is 0 Å². The Morgan fingerprint density at radius 2 is 1.86 bits per heavy atom. The number of hydrogen-bond donors (Lipinski definition) is 2. The zero-order valence-electron chi connectivity index (χ0n) is 12.4. The number of urea groups is 1. The van der Waals surface area contributed by atoms with Crippen LogP contribution in [-0.4, -0.2) is 37.0 Å². The Kier molecular flexibility index (Phi) is 5.96. The lowest BCUT2D eigenvalue weighted by atomic mass is 10.1. The Hall–Kier alpha value is -1.82. The van der Waals surface area contributed by atoms with E-state index in [9.17, 15) is 14.0 Å². The minimum Gasteiger partial charge on any atom is -0.347 e. The van der Waals surface area contributed by atoms with Gasteiger partial charge in [0.2, 0.25) is 5.91 Å². The van der Waals surface area contributed by atoms with Crippen LogP contribution >= 0.6 is 11.6 Å². The van der Waals surface area contributed by atoms with Gasteiger partial charge in [-0.3, -0.25) is 4.79 Å². The fraction of sp³-hybridized carbons (Fsp3) is 0.429. The summed E-state index contributed by atoms with van der Waals surface area (Å²) in [5, 5.41) is 5.29. The van der Waals surface area contributed by atoms with Crippen molar-refractivity contribution in [1.82, 2.24) is 15.5 Å². The lowest BCUT2D eigenvalue weighted by Gasteiger charge is -2.21. The lowest BCUT2D eigenvalue weighted by molar-refractivity contribution is -0.130. The fourth-order valence-electron chi connectivity index (χ4n) is 1.88. The minimum absolute atomic E-state index is 0.209. The van der Waals surface area contributed by atoms with Gasteiger partial charge in [-0.15, -0.1) is 0 Å². The van der Waals surface area contributed by atoms with E-state index < -0.39 is 23.9 Å². The molecule has 21 heavy (non-hydrogen) atoms. The highest BCUT2D eigenvalue weighted by atomic mass is 35.5. The van der Waals surface area contributed by atoms with E-state index in [0.29, 0.717) is 0 Å². The molecule has 1 unspecified atom stereocenters. The first-order valence-electron chi connectivity index (χ1n) is 6.46. The van der Waals surface area contributed by atoms with Crippen LogP contribution in [-0.2, 0) is 4.79 Å². The summed E-state index contributed by atoms with van der Waals surface area (Å²) in [6, 6.07) is 2.45. The van der Waals surface area contributed by atoms with Gasteiger partial charge in [0.25, 0.3) is 0 Å². The molecule has 0 heterocycles. The van der Waals surface area contributed by atoms with Crippen molar-refractivity contribution in [1.29, 1.82) is 0 Å². The molecule has 2 N–H and O–H groups in total. The molecule has 0 saturated carbocycles. The second-order valence-corrected chi connectivity index (χ2v) is 5.34. The van der Waals surface area contributed by atoms with Crippen LogP contribution in [0.5, 0.6) is 0 Å². The zero-order chi connectivity index (χ0) is 16.2. The third kappa shape index (κ3) is 4.60. The topological polar surface area (TPSA) is 61.4 Å². The van der Waals surface area contributed by atoms with Crippen molar-refractivity contribution in [3.8, 4) is 0 Å². The number of benzene rings is 1. The average Bonchev–Trinajstić information content (AvgIpc) is 2.36. The molecule has 5 nitrogen and oxygen atoms in total. The van der Waals surface area contributed by atoms with E-state index in [0.717, 1.165) is 0 Å². The Balaban J connectivity index is 2.69. The predicted molar refractivity (Wildman–Crippen MR) is 79.6 cm³/mol. The molecule has 0 aromatic heterocycles. The van der Waals surface area contributed by atoms with Crippen LogP contribution in [0.15, 0.2) is 18.2 Å². The number of carbonyl (C=O) groups excluding carboxylic acids is 2. The maximum atomic E-state index is 13.7. The average molecular weight is 316 g/mol. The molecule has 1 aromatic carbocycles. The van der Waals surface area contributed by atoms with Gasteiger partial charge in [-0.2, -0.15) is 0 Å². The van der Waals surface area contributed by atoms with E-state index >= 15 is 0 Å². The number of nitrogens with zero attached hydrogens (tertiary/aromatic N) is 1. The molecular weight excluding hydrogens is 297 g/mol. The van der Waals surface area contributed by atoms with Crippen molar-refractivity contribution in [2.24, 2.45) is 0 Å². The van der Waals surface area contributed by atoms with Crippen LogP contribution in [0.1, 0.15) is 25.5 Å². The van der Waals surface area contributed by atoms with Crippen LogP contribution in [0.25, 0.3) is 0 Å². The smallest absolute Gasteiger partial charge is 0.315 e. The summed E-state index contributed by atoms with van der Waals surface area (Å²) in [5.41, 5.74) is 0.209. The van der Waals surface area contributed by atoms with Gasteiger partial charge in [-0.05, 0) is 26.0 Å². The molecule has 0 fully saturated rings. The normalized spacial score (nSPS) is 13.2. The molecule has 0 saturated heterocycles. The molecule has 0 radical (unpaired) electrons. The summed E-state index contributed by atoms with van der Waals surface area (Å²) in [5.74, 6) is -0.727. The van der Waals surface area contributed by atoms with Gasteiger partial charge in [-0.25, -0.2) is 9.18 Å². The monoisotopic (exact) mass is 315 g/mol. The number of halogens is 2. The number of likely N-dealkylation sites (N-methyl/N-ethyl adjacent to an activating group) is 1. The lowest BCUT2D eigenvalue weighted by Crippen LogP contribution is -2.48. The Bertz CT molecular complexity index is 517. The first-order valence-corrected chi connectivity index (χ1v) is 6.84. The Morgan fingerprint density at radius 3 is 2.38 bits per heavy atom. The maximum Gasteiger partial charge on any atom is 0.315 e. The standard InChI is InChI=1S/C14H19ClFN3O2/c1-8(12-10(15)6-5-7-11(12)16)17-14(21)18-9(2)13(20)19(3)4/h5-9H,1-4H3,(H2,17,18,21)/t8?,9-/m0/s1. The van der Waals surface area contributed by atoms with Crippen molar-refractivity contribution in [2.75, 3.05) is 14.1 Å². The molecule has 3 amide bonds. The Labute approximate surface area is 128 Å². The summed E-state index contributed by atoms with van der Waals surface area (Å²) in [7, 11) is 3.19. The van der Waals surface area contributed by atoms with Crippen LogP contribution in [0, 0.1) is 5.82 Å². The van der Waals surface area contributed by atoms with Gasteiger partial charge in [0.15, 0.2) is 0 Å². The molecule has 2 atom stereocenters. The highest BCUT2D eigenvalue weighted by Gasteiger charge is 2.20. The largest absolute Gasteiger partial charge is 0.347 e. The van der Waals surface area contributed by atoms with Crippen molar-refractivity contribution in [2.45, 2.75) is 25.9 Å². The molecule has 0 spiro atoms. The van der Waals surface area contributed by atoms with Gasteiger partial charge < -0.3 is 15.5 Å². The van der Waals surface area contributed by atoms with Crippen molar-refractivity contribution in [3.05, 3.63) is 34.6 Å². The molecule has 1 rings (SSSR count). The molecule has 116 valence electrons. The van der Waals surface area contributed by atoms with Crippen molar-refractivity contribution < 1.29 is 14.0 Å². The van der Waals surface area contributed by atoms with E-state index in [-0.39, 0.29) is 16.5 Å². The van der Waals surface area contributed by atoms with Crippen molar-refractivity contribution >= 4 is 23.5 Å². The number of hydrogen-bond acceptors (Lipinski definition) is 2. The Morgan fingerprint density at radius 1 is 1.24 bits per heavy atom. The van der Waals surface area contributed by atoms with Crippen LogP contribution < -0.4 is 10.6 Å². The second-order valence-electron chi connectivity index (χ2n) is 4.93. The predicted octanol–water partition coefficient (Wildman–Crippen LogP) is 2.32. The molecule has 0 bridgehead atoms. The maximum absolute atomic E-state index is 13.7. The van der Waals surface area contributed by atoms with E-state index in [4.69, 9.17) is 11.6 Å². The third-order valence-electron chi connectivity index (χ3n) is 2.94. The van der Waals surface area contributed by atoms with Gasteiger partial charge in [-0.1, -0.05) is 17.7 Å². The highest BCUT2D eigenvalue weighted by Crippen LogP contribution is 2.25. The van der Waals surface area contributed by atoms with Crippen LogP contribution in [0.3, 0.4) is 0 Å². The fourth-order valence-corrected chi connectivity index (χ4v) is 2.21. The van der Waals surface area contributed by atoms with E-state index in [1.54, 1.807) is 34.0 Å². The summed E-state index contributed by atoms with van der Waals surface area (Å²) in [4.78, 5) is 24.9. The highest BCUT2D eigenvalue weighted by molar-refractivity contribution is 6.31. The number of carbonyl (C=O) groups is 2. The molecule has 7 heteroatoms. The van der Waals surface area contributed by atoms with Crippen molar-refractivity contribution in [3.63, 3.8) is 0 Å². The molecule has 0 aliphatic carbocycles. The number of nitrogens with one attached hydrogen (secondary N) is 2. The first-order chi connectivity index (χ1) is 9.73. The summed E-state index contributed by atoms with van der Waals surface area (Å²) in [6.07, 6.45) is 0. The number of rotatable bonds is 4.